The molecule has 100 valence electrons. The summed E-state index contributed by atoms with van der Waals surface area (Å²) in [7, 11) is 3.52. The molecule has 1 amide bonds. The van der Waals surface area contributed by atoms with Crippen LogP contribution in [0.1, 0.15) is 19.4 Å². The maximum atomic E-state index is 11.4. The monoisotopic (exact) mass is 267 g/mol. The molecule has 1 aromatic rings. The van der Waals surface area contributed by atoms with Crippen molar-refractivity contribution < 1.29 is 4.79 Å². The van der Waals surface area contributed by atoms with E-state index in [9.17, 15) is 4.79 Å². The molecule has 5 heteroatoms. The highest BCUT2D eigenvalue weighted by atomic mass is 32.2. The van der Waals surface area contributed by atoms with Gasteiger partial charge in [0, 0.05) is 32.9 Å². The Morgan fingerprint density at radius 1 is 1.44 bits per heavy atom. The molecule has 0 aliphatic heterocycles. The van der Waals surface area contributed by atoms with Crippen LogP contribution in [0.15, 0.2) is 23.4 Å². The lowest BCUT2D eigenvalue weighted by atomic mass is 10.2. The summed E-state index contributed by atoms with van der Waals surface area (Å²) in [6, 6.07) is 4.48. The zero-order valence-corrected chi connectivity index (χ0v) is 12.3. The Morgan fingerprint density at radius 2 is 2.17 bits per heavy atom. The number of aromatic nitrogens is 1. The van der Waals surface area contributed by atoms with Crippen molar-refractivity contribution in [1.29, 1.82) is 0 Å². The maximum Gasteiger partial charge on any atom is 0.232 e. The molecule has 0 aromatic carbocycles. The van der Waals surface area contributed by atoms with Gasteiger partial charge in [-0.05, 0) is 11.6 Å². The van der Waals surface area contributed by atoms with Gasteiger partial charge in [0.1, 0.15) is 0 Å². The average Bonchev–Trinajstić information content (AvgIpc) is 2.34. The highest BCUT2D eigenvalue weighted by Crippen LogP contribution is 2.15. The van der Waals surface area contributed by atoms with Crippen molar-refractivity contribution in [1.82, 2.24) is 15.2 Å². The fourth-order valence-electron chi connectivity index (χ4n) is 1.19. The fourth-order valence-corrected chi connectivity index (χ4v) is 2.01. The Bertz CT molecular complexity index is 376. The van der Waals surface area contributed by atoms with Crippen LogP contribution in [0.5, 0.6) is 0 Å². The van der Waals surface area contributed by atoms with E-state index in [0.717, 1.165) is 17.1 Å². The average molecular weight is 267 g/mol. The Hall–Kier alpha value is -1.07. The quantitative estimate of drug-likeness (QED) is 0.798. The summed E-state index contributed by atoms with van der Waals surface area (Å²) >= 11 is 1.47. The number of rotatable bonds is 6. The molecule has 0 atom stereocenters. The van der Waals surface area contributed by atoms with Gasteiger partial charge >= 0.3 is 0 Å². The molecule has 0 saturated heterocycles. The number of hydrogen-bond acceptors (Lipinski definition) is 4. The molecule has 0 radical (unpaired) electrons. The van der Waals surface area contributed by atoms with Gasteiger partial charge in [-0.2, -0.15) is 0 Å². The van der Waals surface area contributed by atoms with Crippen LogP contribution >= 0.6 is 11.8 Å². The van der Waals surface area contributed by atoms with Crippen molar-refractivity contribution in [3.05, 3.63) is 23.9 Å². The van der Waals surface area contributed by atoms with E-state index in [1.54, 1.807) is 19.0 Å². The summed E-state index contributed by atoms with van der Waals surface area (Å²) in [6.45, 7) is 5.06. The van der Waals surface area contributed by atoms with Gasteiger partial charge in [0.05, 0.1) is 10.8 Å². The van der Waals surface area contributed by atoms with E-state index in [1.807, 2.05) is 18.3 Å². The van der Waals surface area contributed by atoms with Crippen LogP contribution < -0.4 is 5.32 Å². The smallest absolute Gasteiger partial charge is 0.232 e. The van der Waals surface area contributed by atoms with E-state index in [2.05, 4.69) is 24.1 Å². The molecule has 0 bridgehead atoms. The summed E-state index contributed by atoms with van der Waals surface area (Å²) in [5.74, 6) is 0.538. The van der Waals surface area contributed by atoms with Crippen LogP contribution in [0.2, 0.25) is 0 Å². The van der Waals surface area contributed by atoms with Crippen molar-refractivity contribution in [3.63, 3.8) is 0 Å². The summed E-state index contributed by atoms with van der Waals surface area (Å²) in [6.07, 6.45) is 1.86. The van der Waals surface area contributed by atoms with Gasteiger partial charge in [0.15, 0.2) is 0 Å². The number of pyridine rings is 1. The first-order valence-corrected chi connectivity index (χ1v) is 6.99. The van der Waals surface area contributed by atoms with Crippen LogP contribution in [0.25, 0.3) is 0 Å². The van der Waals surface area contributed by atoms with Crippen molar-refractivity contribution in [2.24, 2.45) is 0 Å². The van der Waals surface area contributed by atoms with Gasteiger partial charge in [-0.3, -0.25) is 4.79 Å². The lowest BCUT2D eigenvalue weighted by Gasteiger charge is -2.10. The van der Waals surface area contributed by atoms with E-state index < -0.39 is 0 Å². The van der Waals surface area contributed by atoms with Crippen LogP contribution in [0.3, 0.4) is 0 Å². The molecule has 0 aliphatic carbocycles. The lowest BCUT2D eigenvalue weighted by molar-refractivity contribution is -0.125. The van der Waals surface area contributed by atoms with Crippen LogP contribution in [-0.4, -0.2) is 41.7 Å². The Kier molecular flexibility index (Phi) is 6.15. The van der Waals surface area contributed by atoms with E-state index >= 15 is 0 Å². The molecule has 0 saturated carbocycles. The van der Waals surface area contributed by atoms with Crippen LogP contribution in [0.4, 0.5) is 0 Å². The van der Waals surface area contributed by atoms with Crippen molar-refractivity contribution in [2.75, 3.05) is 19.8 Å². The van der Waals surface area contributed by atoms with Crippen molar-refractivity contribution in [2.45, 2.75) is 31.5 Å². The van der Waals surface area contributed by atoms with Crippen molar-refractivity contribution in [3.8, 4) is 0 Å². The second-order valence-electron chi connectivity index (χ2n) is 4.62. The van der Waals surface area contributed by atoms with E-state index in [0.29, 0.717) is 11.8 Å². The molecule has 0 unspecified atom stereocenters. The van der Waals surface area contributed by atoms with Gasteiger partial charge < -0.3 is 10.2 Å². The summed E-state index contributed by atoms with van der Waals surface area (Å²) in [5.41, 5.74) is 1.16. The van der Waals surface area contributed by atoms with E-state index in [-0.39, 0.29) is 5.91 Å². The summed E-state index contributed by atoms with van der Waals surface area (Å²) in [4.78, 5) is 17.4. The second-order valence-corrected chi connectivity index (χ2v) is 5.61. The number of thioether (sulfide) groups is 1. The first-order chi connectivity index (χ1) is 8.49. The Labute approximate surface area is 113 Å². The van der Waals surface area contributed by atoms with Crippen LogP contribution in [-0.2, 0) is 11.3 Å². The normalized spacial score (nSPS) is 10.7. The highest BCUT2D eigenvalue weighted by molar-refractivity contribution is 7.99. The molecule has 1 heterocycles. The predicted molar refractivity (Wildman–Crippen MR) is 75.6 cm³/mol. The minimum absolute atomic E-state index is 0.104. The summed E-state index contributed by atoms with van der Waals surface area (Å²) in [5, 5.41) is 4.23. The maximum absolute atomic E-state index is 11.4. The SMILES string of the molecule is CC(C)NCc1ccc(SCC(=O)N(C)C)nc1. The minimum atomic E-state index is 0.104. The Balaban J connectivity index is 2.43. The third kappa shape index (κ3) is 5.51. The molecule has 0 spiro atoms. The Morgan fingerprint density at radius 3 is 2.67 bits per heavy atom. The molecular formula is C13H21N3OS. The first-order valence-electron chi connectivity index (χ1n) is 6.00. The third-order valence-electron chi connectivity index (χ3n) is 2.35. The third-order valence-corrected chi connectivity index (χ3v) is 3.28. The van der Waals surface area contributed by atoms with Crippen LogP contribution in [0, 0.1) is 0 Å². The molecule has 1 aromatic heterocycles. The van der Waals surface area contributed by atoms with Gasteiger partial charge in [0.2, 0.25) is 5.91 Å². The number of hydrogen-bond donors (Lipinski definition) is 1. The first kappa shape index (κ1) is 15.0. The van der Waals surface area contributed by atoms with Crippen molar-refractivity contribution >= 4 is 17.7 Å². The number of carbonyl (C=O) groups excluding carboxylic acids is 1. The molecule has 4 nitrogen and oxygen atoms in total. The molecule has 0 fully saturated rings. The van der Waals surface area contributed by atoms with Gasteiger partial charge in [0.25, 0.3) is 0 Å². The molecule has 1 rings (SSSR count). The number of nitrogens with one attached hydrogen (secondary N) is 1. The highest BCUT2D eigenvalue weighted by Gasteiger charge is 2.05. The van der Waals surface area contributed by atoms with E-state index in [4.69, 9.17) is 0 Å². The van der Waals surface area contributed by atoms with Gasteiger partial charge in [-0.1, -0.05) is 31.7 Å². The predicted octanol–water partition coefficient (Wildman–Crippen LogP) is 1.76. The zero-order valence-electron chi connectivity index (χ0n) is 11.4. The lowest BCUT2D eigenvalue weighted by Crippen LogP contribution is -2.23. The topological polar surface area (TPSA) is 45.2 Å². The molecule has 18 heavy (non-hydrogen) atoms. The fraction of sp³-hybridized carbons (Fsp3) is 0.538. The number of carbonyl (C=O) groups is 1. The van der Waals surface area contributed by atoms with E-state index in [1.165, 1.54) is 11.8 Å². The summed E-state index contributed by atoms with van der Waals surface area (Å²) < 4.78 is 0. The minimum Gasteiger partial charge on any atom is -0.348 e. The van der Waals surface area contributed by atoms with Gasteiger partial charge in [-0.25, -0.2) is 4.98 Å². The zero-order chi connectivity index (χ0) is 13.5. The van der Waals surface area contributed by atoms with Gasteiger partial charge in [-0.15, -0.1) is 0 Å². The molecular weight excluding hydrogens is 246 g/mol. The standard InChI is InChI=1S/C13H21N3OS/c1-10(2)14-7-11-5-6-12(15-8-11)18-9-13(17)16(3)4/h5-6,8,10,14H,7,9H2,1-4H3. The largest absolute Gasteiger partial charge is 0.348 e. The second kappa shape index (κ2) is 7.38. The molecule has 1 N–H and O–H groups in total. The molecule has 0 aliphatic rings. The number of nitrogens with zero attached hydrogens (tertiary/aromatic N) is 2. The number of amides is 1.